The Morgan fingerprint density at radius 1 is 1.38 bits per heavy atom. The molecule has 1 aliphatic heterocycles. The van der Waals surface area contributed by atoms with Crippen LogP contribution in [0.25, 0.3) is 0 Å². The number of carbonyl (C=O) groups excluding carboxylic acids is 2. The van der Waals surface area contributed by atoms with E-state index in [1.165, 1.54) is 0 Å². The monoisotopic (exact) mass is 333 g/mol. The molecule has 132 valence electrons. The van der Waals surface area contributed by atoms with E-state index < -0.39 is 0 Å². The van der Waals surface area contributed by atoms with E-state index in [0.29, 0.717) is 43.8 Å². The van der Waals surface area contributed by atoms with E-state index in [2.05, 4.69) is 24.5 Å². The van der Waals surface area contributed by atoms with Crippen LogP contribution < -0.4 is 16.2 Å². The lowest BCUT2D eigenvalue weighted by molar-refractivity contribution is -0.120. The second-order valence-corrected chi connectivity index (χ2v) is 6.90. The predicted molar refractivity (Wildman–Crippen MR) is 93.0 cm³/mol. The van der Waals surface area contributed by atoms with Gasteiger partial charge in [-0.25, -0.2) is 0 Å². The van der Waals surface area contributed by atoms with Crippen LogP contribution in [-0.2, 0) is 11.3 Å². The number of nitrogens with one attached hydrogen (secondary N) is 2. The molecule has 0 radical (unpaired) electrons. The minimum absolute atomic E-state index is 0.0127. The molecule has 0 aliphatic carbocycles. The minimum Gasteiger partial charge on any atom is -0.356 e. The fourth-order valence-corrected chi connectivity index (χ4v) is 2.84. The first-order valence-electron chi connectivity index (χ1n) is 8.66. The fraction of sp³-hybridized carbons (Fsp3) is 0.611. The van der Waals surface area contributed by atoms with Crippen molar-refractivity contribution in [1.29, 1.82) is 0 Å². The maximum Gasteiger partial charge on any atom is 0.263 e. The molecule has 24 heavy (non-hydrogen) atoms. The third kappa shape index (κ3) is 4.69. The van der Waals surface area contributed by atoms with Crippen LogP contribution in [0, 0.1) is 12.8 Å². The van der Waals surface area contributed by atoms with E-state index >= 15 is 0 Å². The van der Waals surface area contributed by atoms with E-state index in [0.717, 1.165) is 6.42 Å². The normalized spacial score (nSPS) is 18.2. The van der Waals surface area contributed by atoms with Gasteiger partial charge < -0.3 is 15.2 Å². The van der Waals surface area contributed by atoms with E-state index in [9.17, 15) is 14.4 Å². The van der Waals surface area contributed by atoms with Crippen LogP contribution in [0.5, 0.6) is 0 Å². The molecule has 0 saturated carbocycles. The molecule has 1 unspecified atom stereocenters. The van der Waals surface area contributed by atoms with Crippen molar-refractivity contribution in [2.24, 2.45) is 5.92 Å². The summed E-state index contributed by atoms with van der Waals surface area (Å²) in [4.78, 5) is 36.6. The van der Waals surface area contributed by atoms with E-state index in [4.69, 9.17) is 0 Å². The Balaban J connectivity index is 2.14. The first kappa shape index (κ1) is 18.2. The molecular weight excluding hydrogens is 306 g/mol. The smallest absolute Gasteiger partial charge is 0.263 e. The molecule has 2 amide bonds. The minimum atomic E-state index is -0.337. The molecule has 1 aromatic rings. The number of amides is 2. The summed E-state index contributed by atoms with van der Waals surface area (Å²) >= 11 is 0. The summed E-state index contributed by atoms with van der Waals surface area (Å²) in [6.07, 6.45) is 4.33. The Bertz CT molecular complexity index is 664. The van der Waals surface area contributed by atoms with E-state index in [-0.39, 0.29) is 29.0 Å². The van der Waals surface area contributed by atoms with Crippen LogP contribution in [0.3, 0.4) is 0 Å². The van der Waals surface area contributed by atoms with Gasteiger partial charge in [0, 0.05) is 31.7 Å². The highest BCUT2D eigenvalue weighted by Crippen LogP contribution is 2.09. The van der Waals surface area contributed by atoms with Crippen LogP contribution >= 0.6 is 0 Å². The zero-order valence-corrected chi connectivity index (χ0v) is 14.7. The summed E-state index contributed by atoms with van der Waals surface area (Å²) in [5, 5.41) is 5.72. The fourth-order valence-electron chi connectivity index (χ4n) is 2.84. The summed E-state index contributed by atoms with van der Waals surface area (Å²) < 4.78 is 1.61. The topological polar surface area (TPSA) is 80.2 Å². The lowest BCUT2D eigenvalue weighted by Crippen LogP contribution is -2.40. The van der Waals surface area contributed by atoms with Gasteiger partial charge in [0.2, 0.25) is 5.91 Å². The first-order valence-corrected chi connectivity index (χ1v) is 8.66. The first-order chi connectivity index (χ1) is 11.4. The number of carbonyl (C=O) groups is 2. The van der Waals surface area contributed by atoms with Gasteiger partial charge in [-0.05, 0) is 43.7 Å². The van der Waals surface area contributed by atoms with Crippen molar-refractivity contribution < 1.29 is 9.59 Å². The summed E-state index contributed by atoms with van der Waals surface area (Å²) in [6, 6.07) is 1.73. The summed E-state index contributed by atoms with van der Waals surface area (Å²) in [5.41, 5.74) is 0.655. The van der Waals surface area contributed by atoms with Gasteiger partial charge >= 0.3 is 0 Å². The Morgan fingerprint density at radius 2 is 2.12 bits per heavy atom. The lowest BCUT2D eigenvalue weighted by atomic mass is 10.1. The van der Waals surface area contributed by atoms with Gasteiger partial charge in [0.25, 0.3) is 11.5 Å². The van der Waals surface area contributed by atoms with Crippen molar-refractivity contribution in [3.05, 3.63) is 33.7 Å². The standard InChI is InChI=1S/C18H27N3O3/c1-12(2)7-10-21-11-8-13(3)16(18(21)24)17(23)20-14-4-5-15(22)19-9-6-14/h8,11-12,14H,4-7,9-10H2,1-3H3,(H,19,22)(H,20,23). The summed E-state index contributed by atoms with van der Waals surface area (Å²) in [5.74, 6) is 0.168. The second kappa shape index (κ2) is 8.13. The number of aromatic nitrogens is 1. The van der Waals surface area contributed by atoms with Crippen molar-refractivity contribution in [2.75, 3.05) is 6.54 Å². The van der Waals surface area contributed by atoms with Gasteiger partial charge in [0.1, 0.15) is 5.56 Å². The van der Waals surface area contributed by atoms with Crippen LogP contribution in [-0.4, -0.2) is 29.0 Å². The number of pyridine rings is 1. The largest absolute Gasteiger partial charge is 0.356 e. The molecule has 1 saturated heterocycles. The third-order valence-electron chi connectivity index (χ3n) is 4.42. The van der Waals surface area contributed by atoms with Gasteiger partial charge in [0.15, 0.2) is 0 Å². The van der Waals surface area contributed by atoms with Crippen molar-refractivity contribution in [2.45, 2.75) is 59.0 Å². The number of hydrogen-bond acceptors (Lipinski definition) is 3. The number of rotatable bonds is 5. The molecule has 1 atom stereocenters. The molecule has 2 rings (SSSR count). The molecule has 6 nitrogen and oxygen atoms in total. The van der Waals surface area contributed by atoms with Crippen LogP contribution in [0.1, 0.15) is 55.5 Å². The molecule has 1 fully saturated rings. The maximum atomic E-state index is 12.6. The number of aryl methyl sites for hydroxylation is 2. The molecule has 6 heteroatoms. The zero-order chi connectivity index (χ0) is 17.7. The number of nitrogens with zero attached hydrogens (tertiary/aromatic N) is 1. The molecule has 2 heterocycles. The van der Waals surface area contributed by atoms with Crippen molar-refractivity contribution in [3.63, 3.8) is 0 Å². The zero-order valence-electron chi connectivity index (χ0n) is 14.7. The molecule has 0 bridgehead atoms. The molecular formula is C18H27N3O3. The van der Waals surface area contributed by atoms with Crippen LogP contribution in [0.2, 0.25) is 0 Å². The highest BCUT2D eigenvalue weighted by molar-refractivity contribution is 5.95. The summed E-state index contributed by atoms with van der Waals surface area (Å²) in [6.45, 7) is 7.15. The SMILES string of the molecule is Cc1ccn(CCC(C)C)c(=O)c1C(=O)NC1CCNC(=O)CC1. The average molecular weight is 333 g/mol. The van der Waals surface area contributed by atoms with Crippen molar-refractivity contribution >= 4 is 11.8 Å². The van der Waals surface area contributed by atoms with E-state index in [1.807, 2.05) is 6.07 Å². The highest BCUT2D eigenvalue weighted by Gasteiger charge is 2.21. The molecule has 0 aromatic carbocycles. The maximum absolute atomic E-state index is 12.6. The second-order valence-electron chi connectivity index (χ2n) is 6.90. The average Bonchev–Trinajstić information content (AvgIpc) is 2.71. The highest BCUT2D eigenvalue weighted by atomic mass is 16.2. The van der Waals surface area contributed by atoms with Crippen LogP contribution in [0.15, 0.2) is 17.1 Å². The summed E-state index contributed by atoms with van der Waals surface area (Å²) in [7, 11) is 0. The van der Waals surface area contributed by atoms with Gasteiger partial charge in [0.05, 0.1) is 0 Å². The molecule has 1 aliphatic rings. The Kier molecular flexibility index (Phi) is 6.17. The molecule has 1 aromatic heterocycles. The Hall–Kier alpha value is -2.11. The quantitative estimate of drug-likeness (QED) is 0.859. The lowest BCUT2D eigenvalue weighted by Gasteiger charge is -2.17. The van der Waals surface area contributed by atoms with Crippen molar-refractivity contribution in [1.82, 2.24) is 15.2 Å². The van der Waals surface area contributed by atoms with Gasteiger partial charge in [-0.3, -0.25) is 14.4 Å². The Labute approximate surface area is 142 Å². The number of hydrogen-bond donors (Lipinski definition) is 2. The van der Waals surface area contributed by atoms with Crippen LogP contribution in [0.4, 0.5) is 0 Å². The van der Waals surface area contributed by atoms with Crippen molar-refractivity contribution in [3.8, 4) is 0 Å². The van der Waals surface area contributed by atoms with Gasteiger partial charge in [-0.2, -0.15) is 0 Å². The third-order valence-corrected chi connectivity index (χ3v) is 4.42. The molecule has 0 spiro atoms. The van der Waals surface area contributed by atoms with Gasteiger partial charge in [-0.15, -0.1) is 0 Å². The Morgan fingerprint density at radius 3 is 2.83 bits per heavy atom. The van der Waals surface area contributed by atoms with E-state index in [1.54, 1.807) is 17.7 Å². The predicted octanol–water partition coefficient (Wildman–Crippen LogP) is 1.60. The molecule has 2 N–H and O–H groups in total. The van der Waals surface area contributed by atoms with Gasteiger partial charge in [-0.1, -0.05) is 13.8 Å².